The number of rotatable bonds is 5. The number of carbonyl (C=O) groups excluding carboxylic acids is 3. The quantitative estimate of drug-likeness (QED) is 0.666. The molecule has 0 heterocycles. The lowest BCUT2D eigenvalue weighted by Gasteiger charge is -2.24. The first-order chi connectivity index (χ1) is 9.77. The maximum absolute atomic E-state index is 13.2. The fourth-order valence-electron chi connectivity index (χ4n) is 1.95. The van der Waals surface area contributed by atoms with Gasteiger partial charge in [-0.05, 0) is 24.6 Å². The highest BCUT2D eigenvalue weighted by Crippen LogP contribution is 2.27. The highest BCUT2D eigenvalue weighted by atomic mass is 35.5. The van der Waals surface area contributed by atoms with Crippen LogP contribution in [0.15, 0.2) is 18.2 Å². The zero-order valence-electron chi connectivity index (χ0n) is 11.8. The van der Waals surface area contributed by atoms with Gasteiger partial charge in [0.15, 0.2) is 0 Å². The van der Waals surface area contributed by atoms with Crippen LogP contribution in [0, 0.1) is 11.7 Å². The Morgan fingerprint density at radius 2 is 1.90 bits per heavy atom. The van der Waals surface area contributed by atoms with Crippen molar-refractivity contribution in [2.75, 3.05) is 7.11 Å². The van der Waals surface area contributed by atoms with Gasteiger partial charge in [0.2, 0.25) is 5.91 Å². The van der Waals surface area contributed by atoms with Crippen molar-refractivity contribution in [3.63, 3.8) is 0 Å². The molecule has 0 aliphatic carbocycles. The molecule has 0 saturated carbocycles. The molecule has 0 spiro atoms. The molecule has 5 nitrogen and oxygen atoms in total. The molecule has 7 heteroatoms. The van der Waals surface area contributed by atoms with Gasteiger partial charge in [0, 0.05) is 6.92 Å². The van der Waals surface area contributed by atoms with Crippen LogP contribution in [0.1, 0.15) is 25.5 Å². The first-order valence-electron chi connectivity index (χ1n) is 6.08. The van der Waals surface area contributed by atoms with Crippen LogP contribution in [0.25, 0.3) is 0 Å². The molecule has 0 radical (unpaired) electrons. The van der Waals surface area contributed by atoms with Crippen molar-refractivity contribution in [3.05, 3.63) is 34.6 Å². The number of hydrogen-bond acceptors (Lipinski definition) is 4. The number of nitrogens with one attached hydrogen (secondary N) is 1. The summed E-state index contributed by atoms with van der Waals surface area (Å²) in [5.41, 5.74) is 0.335. The van der Waals surface area contributed by atoms with E-state index in [-0.39, 0.29) is 5.02 Å². The van der Waals surface area contributed by atoms with Crippen molar-refractivity contribution >= 4 is 29.3 Å². The summed E-state index contributed by atoms with van der Waals surface area (Å²) in [5.74, 6) is -3.60. The highest BCUT2D eigenvalue weighted by Gasteiger charge is 2.35. The zero-order chi connectivity index (χ0) is 16.2. The van der Waals surface area contributed by atoms with Crippen molar-refractivity contribution in [2.24, 2.45) is 5.92 Å². The summed E-state index contributed by atoms with van der Waals surface area (Å²) >= 11 is 5.70. The van der Waals surface area contributed by atoms with Gasteiger partial charge in [-0.25, -0.2) is 4.39 Å². The second kappa shape index (κ2) is 7.17. The molecule has 1 rings (SSSR count). The normalized spacial score (nSPS) is 13.2. The van der Waals surface area contributed by atoms with Gasteiger partial charge >= 0.3 is 5.97 Å². The minimum absolute atomic E-state index is 0.171. The van der Waals surface area contributed by atoms with Crippen LogP contribution in [-0.2, 0) is 19.1 Å². The fourth-order valence-corrected chi connectivity index (χ4v) is 2.14. The molecule has 2 atom stereocenters. The second-order valence-electron chi connectivity index (χ2n) is 4.46. The van der Waals surface area contributed by atoms with Crippen LogP contribution >= 0.6 is 11.6 Å². The molecule has 1 aromatic rings. The Labute approximate surface area is 126 Å². The Morgan fingerprint density at radius 3 is 2.33 bits per heavy atom. The molecule has 0 fully saturated rings. The largest absolute Gasteiger partial charge is 0.468 e. The SMILES string of the molecule is COC(=O)[C@@H](C(C)=O)[C@@H](NC(C)=O)c1ccc(F)c(Cl)c1. The Morgan fingerprint density at radius 1 is 1.29 bits per heavy atom. The first-order valence-corrected chi connectivity index (χ1v) is 6.46. The molecule has 21 heavy (non-hydrogen) atoms. The third kappa shape index (κ3) is 4.26. The number of ketones is 1. The molecule has 0 bridgehead atoms. The number of hydrogen-bond donors (Lipinski definition) is 1. The fraction of sp³-hybridized carbons (Fsp3) is 0.357. The molecule has 0 aliphatic rings. The van der Waals surface area contributed by atoms with Crippen LogP contribution < -0.4 is 5.32 Å². The Hall–Kier alpha value is -1.95. The lowest BCUT2D eigenvalue weighted by Crippen LogP contribution is -2.39. The lowest BCUT2D eigenvalue weighted by atomic mass is 9.90. The third-order valence-electron chi connectivity index (χ3n) is 2.89. The highest BCUT2D eigenvalue weighted by molar-refractivity contribution is 6.30. The summed E-state index contributed by atoms with van der Waals surface area (Å²) in [5, 5.41) is 2.33. The molecular weight excluding hydrogens is 301 g/mol. The van der Waals surface area contributed by atoms with Gasteiger partial charge in [0.05, 0.1) is 18.2 Å². The number of ether oxygens (including phenoxy) is 1. The number of carbonyl (C=O) groups is 3. The Kier molecular flexibility index (Phi) is 5.84. The van der Waals surface area contributed by atoms with Gasteiger partial charge in [-0.2, -0.15) is 0 Å². The maximum atomic E-state index is 13.2. The van der Waals surface area contributed by atoms with Gasteiger partial charge in [-0.15, -0.1) is 0 Å². The molecule has 114 valence electrons. The lowest BCUT2D eigenvalue weighted by molar-refractivity contribution is -0.150. The molecule has 1 N–H and O–H groups in total. The van der Waals surface area contributed by atoms with Crippen molar-refractivity contribution in [1.82, 2.24) is 5.32 Å². The zero-order valence-corrected chi connectivity index (χ0v) is 12.5. The van der Waals surface area contributed by atoms with E-state index in [2.05, 4.69) is 10.1 Å². The van der Waals surface area contributed by atoms with E-state index in [4.69, 9.17) is 11.6 Å². The van der Waals surface area contributed by atoms with Crippen LogP contribution in [0.2, 0.25) is 5.02 Å². The number of Topliss-reactive ketones (excluding diaryl/α,β-unsaturated/α-hetero) is 1. The number of amides is 1. The van der Waals surface area contributed by atoms with Gasteiger partial charge in [0.1, 0.15) is 17.5 Å². The van der Waals surface area contributed by atoms with Gasteiger partial charge in [-0.3, -0.25) is 14.4 Å². The van der Waals surface area contributed by atoms with E-state index < -0.39 is 35.4 Å². The molecule has 1 amide bonds. The van der Waals surface area contributed by atoms with Crippen molar-refractivity contribution in [3.8, 4) is 0 Å². The average molecular weight is 316 g/mol. The summed E-state index contributed by atoms with van der Waals surface area (Å²) < 4.78 is 17.8. The van der Waals surface area contributed by atoms with E-state index in [0.717, 1.165) is 13.2 Å². The number of halogens is 2. The third-order valence-corrected chi connectivity index (χ3v) is 3.18. The minimum Gasteiger partial charge on any atom is -0.468 e. The molecule has 0 aromatic heterocycles. The van der Waals surface area contributed by atoms with Crippen LogP contribution in [-0.4, -0.2) is 24.8 Å². The van der Waals surface area contributed by atoms with E-state index in [1.54, 1.807) is 0 Å². The Bertz CT molecular complexity index is 576. The molecule has 0 unspecified atom stereocenters. The van der Waals surface area contributed by atoms with Crippen LogP contribution in [0.4, 0.5) is 4.39 Å². The van der Waals surface area contributed by atoms with Gasteiger partial charge in [0.25, 0.3) is 0 Å². The van der Waals surface area contributed by atoms with E-state index in [9.17, 15) is 18.8 Å². The van der Waals surface area contributed by atoms with E-state index >= 15 is 0 Å². The smallest absolute Gasteiger partial charge is 0.318 e. The first kappa shape index (κ1) is 17.1. The summed E-state index contributed by atoms with van der Waals surface area (Å²) in [6.07, 6.45) is 0. The maximum Gasteiger partial charge on any atom is 0.318 e. The van der Waals surface area contributed by atoms with Crippen LogP contribution in [0.3, 0.4) is 0 Å². The summed E-state index contributed by atoms with van der Waals surface area (Å²) in [6, 6.07) is 2.73. The molecule has 0 saturated heterocycles. The summed E-state index contributed by atoms with van der Waals surface area (Å²) in [6.45, 7) is 2.45. The molecular formula is C14H15ClFNO4. The topological polar surface area (TPSA) is 72.5 Å². The standard InChI is InChI=1S/C14H15ClFNO4/c1-7(18)12(14(20)21-3)13(17-8(2)19)9-4-5-11(16)10(15)6-9/h4-6,12-13H,1-3H3,(H,17,19)/t12-,13-/m0/s1. The predicted octanol–water partition coefficient (Wildman–Crippen LogP) is 2.03. The molecule has 1 aromatic carbocycles. The average Bonchev–Trinajstić information content (AvgIpc) is 2.40. The number of methoxy groups -OCH3 is 1. The van der Waals surface area contributed by atoms with Gasteiger partial charge in [-0.1, -0.05) is 17.7 Å². The summed E-state index contributed by atoms with van der Waals surface area (Å²) in [4.78, 5) is 34.9. The van der Waals surface area contributed by atoms with Crippen LogP contribution in [0.5, 0.6) is 0 Å². The number of esters is 1. The van der Waals surface area contributed by atoms with E-state index in [1.807, 2.05) is 0 Å². The molecule has 0 aliphatic heterocycles. The predicted molar refractivity (Wildman–Crippen MR) is 74.2 cm³/mol. The summed E-state index contributed by atoms with van der Waals surface area (Å²) in [7, 11) is 1.14. The number of benzene rings is 1. The van der Waals surface area contributed by atoms with E-state index in [1.165, 1.54) is 26.0 Å². The monoisotopic (exact) mass is 315 g/mol. The van der Waals surface area contributed by atoms with Crippen molar-refractivity contribution in [2.45, 2.75) is 19.9 Å². The van der Waals surface area contributed by atoms with Crippen molar-refractivity contribution < 1.29 is 23.5 Å². The Balaban J connectivity index is 3.31. The second-order valence-corrected chi connectivity index (χ2v) is 4.87. The van der Waals surface area contributed by atoms with E-state index in [0.29, 0.717) is 5.56 Å². The minimum atomic E-state index is -1.24. The van der Waals surface area contributed by atoms with Gasteiger partial charge < -0.3 is 10.1 Å². The van der Waals surface area contributed by atoms with Crippen molar-refractivity contribution in [1.29, 1.82) is 0 Å².